The Kier molecular flexibility index (Phi) is 4.72. The molecule has 1 aromatic rings. The molecule has 8 heteroatoms. The first-order valence-electron chi connectivity index (χ1n) is 7.40. The summed E-state index contributed by atoms with van der Waals surface area (Å²) in [5.74, 6) is -0.673. The highest BCUT2D eigenvalue weighted by Gasteiger charge is 2.25. The smallest absolute Gasteiger partial charge is 0.412 e. The van der Waals surface area contributed by atoms with Crippen molar-refractivity contribution in [3.05, 3.63) is 28.1 Å². The summed E-state index contributed by atoms with van der Waals surface area (Å²) in [5.41, 5.74) is -1.07. The fourth-order valence-corrected chi connectivity index (χ4v) is 2.42. The average molecular weight is 325 g/mol. The first-order valence-corrected chi connectivity index (χ1v) is 7.40. The molecule has 0 atom stereocenters. The predicted molar refractivity (Wildman–Crippen MR) is 84.4 cm³/mol. The van der Waals surface area contributed by atoms with Gasteiger partial charge in [-0.25, -0.2) is 9.18 Å². The Labute approximate surface area is 133 Å². The van der Waals surface area contributed by atoms with Crippen LogP contribution in [0.25, 0.3) is 0 Å². The van der Waals surface area contributed by atoms with Crippen LogP contribution in [-0.4, -0.2) is 29.7 Å². The number of nitro benzene ring substituents is 1. The minimum absolute atomic E-state index is 0.0763. The molecule has 2 rings (SSSR count). The van der Waals surface area contributed by atoms with Gasteiger partial charge in [-0.05, 0) is 39.7 Å². The van der Waals surface area contributed by atoms with E-state index in [9.17, 15) is 19.3 Å². The van der Waals surface area contributed by atoms with Gasteiger partial charge in [0.25, 0.3) is 5.69 Å². The van der Waals surface area contributed by atoms with E-state index < -0.39 is 28.1 Å². The quantitative estimate of drug-likeness (QED) is 0.677. The monoisotopic (exact) mass is 325 g/mol. The SMILES string of the molecule is CC(C)(C)OC(=O)Nc1cc(N2CCCC2)c(F)cc1[N+](=O)[O-]. The largest absolute Gasteiger partial charge is 0.444 e. The van der Waals surface area contributed by atoms with E-state index in [4.69, 9.17) is 4.74 Å². The number of amides is 1. The molecular formula is C15H20FN3O4. The van der Waals surface area contributed by atoms with Crippen molar-refractivity contribution >= 4 is 23.2 Å². The molecule has 1 aliphatic rings. The van der Waals surface area contributed by atoms with Crippen LogP contribution < -0.4 is 10.2 Å². The van der Waals surface area contributed by atoms with Gasteiger partial charge in [0.2, 0.25) is 0 Å². The van der Waals surface area contributed by atoms with Crippen LogP contribution in [0.15, 0.2) is 12.1 Å². The maximum Gasteiger partial charge on any atom is 0.412 e. The number of rotatable bonds is 3. The number of hydrogen-bond donors (Lipinski definition) is 1. The lowest BCUT2D eigenvalue weighted by Gasteiger charge is -2.21. The number of hydrogen-bond acceptors (Lipinski definition) is 5. The van der Waals surface area contributed by atoms with E-state index in [1.165, 1.54) is 6.07 Å². The molecule has 7 nitrogen and oxygen atoms in total. The zero-order valence-electron chi connectivity index (χ0n) is 13.4. The molecular weight excluding hydrogens is 305 g/mol. The van der Waals surface area contributed by atoms with Crippen molar-refractivity contribution in [3.8, 4) is 0 Å². The van der Waals surface area contributed by atoms with Crippen molar-refractivity contribution in [2.24, 2.45) is 0 Å². The van der Waals surface area contributed by atoms with Crippen molar-refractivity contribution < 1.29 is 18.8 Å². The standard InChI is InChI=1S/C15H20FN3O4/c1-15(2,3)23-14(20)17-11-9-12(18-6-4-5-7-18)10(16)8-13(11)19(21)22/h8-9H,4-7H2,1-3H3,(H,17,20). The van der Waals surface area contributed by atoms with Gasteiger partial charge in [-0.2, -0.15) is 0 Å². The number of carbonyl (C=O) groups excluding carboxylic acids is 1. The molecule has 0 spiro atoms. The van der Waals surface area contributed by atoms with Crippen molar-refractivity contribution in [1.29, 1.82) is 0 Å². The van der Waals surface area contributed by atoms with Crippen molar-refractivity contribution in [3.63, 3.8) is 0 Å². The van der Waals surface area contributed by atoms with Crippen molar-refractivity contribution in [1.82, 2.24) is 0 Å². The molecule has 1 fully saturated rings. The lowest BCUT2D eigenvalue weighted by atomic mass is 10.2. The number of halogens is 1. The van der Waals surface area contributed by atoms with Crippen LogP contribution in [0.4, 0.5) is 26.2 Å². The lowest BCUT2D eigenvalue weighted by molar-refractivity contribution is -0.384. The minimum atomic E-state index is -0.820. The van der Waals surface area contributed by atoms with Gasteiger partial charge in [0, 0.05) is 13.1 Å². The lowest BCUT2D eigenvalue weighted by Crippen LogP contribution is -2.27. The summed E-state index contributed by atoms with van der Waals surface area (Å²) >= 11 is 0. The Balaban J connectivity index is 2.33. The summed E-state index contributed by atoms with van der Waals surface area (Å²) in [7, 11) is 0. The zero-order chi connectivity index (χ0) is 17.2. The van der Waals surface area contributed by atoms with Crippen molar-refractivity contribution in [2.45, 2.75) is 39.2 Å². The third-order valence-corrected chi connectivity index (χ3v) is 3.34. The zero-order valence-corrected chi connectivity index (χ0v) is 13.4. The van der Waals surface area contributed by atoms with E-state index in [0.717, 1.165) is 18.9 Å². The van der Waals surface area contributed by atoms with Crippen LogP contribution in [0.5, 0.6) is 0 Å². The summed E-state index contributed by atoms with van der Waals surface area (Å²) in [6.07, 6.45) is 1.05. The molecule has 1 aliphatic heterocycles. The van der Waals surface area contributed by atoms with E-state index in [-0.39, 0.29) is 11.4 Å². The van der Waals surface area contributed by atoms with Gasteiger partial charge in [-0.15, -0.1) is 0 Å². The topological polar surface area (TPSA) is 84.7 Å². The predicted octanol–water partition coefficient (Wildman–Crippen LogP) is 3.68. The Morgan fingerprint density at radius 1 is 1.35 bits per heavy atom. The van der Waals surface area contributed by atoms with E-state index in [1.807, 2.05) is 0 Å². The molecule has 1 N–H and O–H groups in total. The molecule has 126 valence electrons. The number of benzene rings is 1. The fraction of sp³-hybridized carbons (Fsp3) is 0.533. The Bertz CT molecular complexity index is 622. The van der Waals surface area contributed by atoms with Crippen molar-refractivity contribution in [2.75, 3.05) is 23.3 Å². The summed E-state index contributed by atoms with van der Waals surface area (Å²) in [6.45, 7) is 6.41. The third-order valence-electron chi connectivity index (χ3n) is 3.34. The van der Waals surface area contributed by atoms with E-state index in [0.29, 0.717) is 13.1 Å². The molecule has 23 heavy (non-hydrogen) atoms. The molecule has 0 saturated carbocycles. The molecule has 1 saturated heterocycles. The second kappa shape index (κ2) is 6.39. The van der Waals surface area contributed by atoms with Crippen LogP contribution in [0.1, 0.15) is 33.6 Å². The highest BCUT2D eigenvalue weighted by molar-refractivity contribution is 5.89. The Morgan fingerprint density at radius 2 is 1.96 bits per heavy atom. The molecule has 1 amide bonds. The summed E-state index contributed by atoms with van der Waals surface area (Å²) in [5, 5.41) is 13.4. The molecule has 1 heterocycles. The average Bonchev–Trinajstić information content (AvgIpc) is 2.91. The molecule has 0 radical (unpaired) electrons. The van der Waals surface area contributed by atoms with Gasteiger partial charge in [0.05, 0.1) is 16.7 Å². The Morgan fingerprint density at radius 3 is 2.48 bits per heavy atom. The van der Waals surface area contributed by atoms with Gasteiger partial charge >= 0.3 is 6.09 Å². The third kappa shape index (κ3) is 4.30. The Hall–Kier alpha value is -2.38. The van der Waals surface area contributed by atoms with Gasteiger partial charge in [-0.1, -0.05) is 0 Å². The maximum atomic E-state index is 14.2. The van der Waals surface area contributed by atoms with Gasteiger partial charge in [0.15, 0.2) is 5.82 Å². The van der Waals surface area contributed by atoms with E-state index in [2.05, 4.69) is 5.32 Å². The van der Waals surface area contributed by atoms with Gasteiger partial charge in [0.1, 0.15) is 11.3 Å². The summed E-state index contributed by atoms with van der Waals surface area (Å²) < 4.78 is 19.3. The highest BCUT2D eigenvalue weighted by atomic mass is 19.1. The highest BCUT2D eigenvalue weighted by Crippen LogP contribution is 2.34. The number of nitro groups is 1. The van der Waals surface area contributed by atoms with Crippen LogP contribution in [0.2, 0.25) is 0 Å². The molecule has 0 aliphatic carbocycles. The molecule has 0 aromatic heterocycles. The number of nitrogens with zero attached hydrogens (tertiary/aromatic N) is 2. The van der Waals surface area contributed by atoms with Crippen LogP contribution in [0, 0.1) is 15.9 Å². The second-order valence-corrected chi connectivity index (χ2v) is 6.40. The van der Waals surface area contributed by atoms with Crippen LogP contribution in [0.3, 0.4) is 0 Å². The number of anilines is 2. The molecule has 0 bridgehead atoms. The minimum Gasteiger partial charge on any atom is -0.444 e. The molecule has 0 unspecified atom stereocenters. The first kappa shape index (κ1) is 17.0. The van der Waals surface area contributed by atoms with Crippen LogP contribution in [-0.2, 0) is 4.74 Å². The summed E-state index contributed by atoms with van der Waals surface area (Å²) in [6, 6.07) is 2.13. The first-order chi connectivity index (χ1) is 10.7. The van der Waals surface area contributed by atoms with E-state index >= 15 is 0 Å². The number of ether oxygens (including phenoxy) is 1. The normalized spacial score (nSPS) is 14.7. The number of carbonyl (C=O) groups is 1. The fourth-order valence-electron chi connectivity index (χ4n) is 2.42. The summed E-state index contributed by atoms with van der Waals surface area (Å²) in [4.78, 5) is 24.0. The molecule has 1 aromatic carbocycles. The van der Waals surface area contributed by atoms with Gasteiger partial charge < -0.3 is 9.64 Å². The number of nitrogens with one attached hydrogen (secondary N) is 1. The van der Waals surface area contributed by atoms with Crippen LogP contribution >= 0.6 is 0 Å². The van der Waals surface area contributed by atoms with E-state index in [1.54, 1.807) is 25.7 Å². The van der Waals surface area contributed by atoms with Gasteiger partial charge in [-0.3, -0.25) is 15.4 Å². The maximum absolute atomic E-state index is 14.2. The second-order valence-electron chi connectivity index (χ2n) is 6.40.